The van der Waals surface area contributed by atoms with Crippen LogP contribution in [0.15, 0.2) is 48.5 Å². The fourth-order valence-electron chi connectivity index (χ4n) is 3.62. The summed E-state index contributed by atoms with van der Waals surface area (Å²) in [4.78, 5) is 28.7. The summed E-state index contributed by atoms with van der Waals surface area (Å²) in [6.45, 7) is 1.61. The zero-order valence-corrected chi connectivity index (χ0v) is 16.4. The number of para-hydroxylation sites is 1. The molecule has 6 heteroatoms. The van der Waals surface area contributed by atoms with E-state index >= 15 is 0 Å². The molecule has 134 valence electrons. The smallest absolute Gasteiger partial charge is 0.414 e. The monoisotopic (exact) mass is 462 g/mol. The van der Waals surface area contributed by atoms with Crippen molar-refractivity contribution in [2.75, 3.05) is 18.0 Å². The molecule has 0 aromatic heterocycles. The summed E-state index contributed by atoms with van der Waals surface area (Å²) in [5.41, 5.74) is 2.68. The van der Waals surface area contributed by atoms with Gasteiger partial charge in [-0.2, -0.15) is 0 Å². The lowest BCUT2D eigenvalue weighted by Gasteiger charge is -2.40. The van der Waals surface area contributed by atoms with Crippen LogP contribution in [0.1, 0.15) is 28.8 Å². The van der Waals surface area contributed by atoms with Gasteiger partial charge in [-0.15, -0.1) is 0 Å². The van der Waals surface area contributed by atoms with E-state index in [1.54, 1.807) is 4.90 Å². The molecule has 0 N–H and O–H groups in total. The molecule has 2 aliphatic heterocycles. The van der Waals surface area contributed by atoms with Crippen LogP contribution in [-0.4, -0.2) is 36.0 Å². The number of amides is 2. The van der Waals surface area contributed by atoms with Gasteiger partial charge in [0.25, 0.3) is 5.91 Å². The number of piperidine rings is 1. The van der Waals surface area contributed by atoms with Gasteiger partial charge < -0.3 is 9.64 Å². The molecule has 0 bridgehead atoms. The van der Waals surface area contributed by atoms with Crippen LogP contribution < -0.4 is 4.90 Å². The van der Waals surface area contributed by atoms with Crippen molar-refractivity contribution in [3.05, 3.63) is 63.2 Å². The van der Waals surface area contributed by atoms with E-state index in [1.165, 1.54) is 0 Å². The first kappa shape index (κ1) is 17.3. The minimum atomic E-state index is -0.286. The van der Waals surface area contributed by atoms with Gasteiger partial charge in [0.15, 0.2) is 0 Å². The third-order valence-electron chi connectivity index (χ3n) is 5.01. The van der Waals surface area contributed by atoms with Gasteiger partial charge in [-0.05, 0) is 65.8 Å². The number of ether oxygens (including phenoxy) is 1. The van der Waals surface area contributed by atoms with E-state index in [0.717, 1.165) is 27.7 Å². The average Bonchev–Trinajstić information content (AvgIpc) is 2.68. The Hall–Kier alpha value is -2.09. The molecule has 1 fully saturated rings. The molecule has 0 radical (unpaired) electrons. The summed E-state index contributed by atoms with van der Waals surface area (Å²) >= 11 is 2.23. The van der Waals surface area contributed by atoms with Crippen molar-refractivity contribution in [3.8, 4) is 0 Å². The number of carbonyl (C=O) groups excluding carboxylic acids is 2. The molecule has 2 amide bonds. The Morgan fingerprint density at radius 3 is 2.46 bits per heavy atom. The van der Waals surface area contributed by atoms with Crippen molar-refractivity contribution in [3.63, 3.8) is 0 Å². The molecule has 4 rings (SSSR count). The van der Waals surface area contributed by atoms with E-state index in [4.69, 9.17) is 4.74 Å². The third kappa shape index (κ3) is 3.30. The first-order chi connectivity index (χ1) is 12.6. The number of benzene rings is 2. The van der Waals surface area contributed by atoms with Gasteiger partial charge in [0.05, 0.1) is 5.69 Å². The molecular formula is C20H19IN2O3. The lowest BCUT2D eigenvalue weighted by atomic mass is 10.00. The summed E-state index contributed by atoms with van der Waals surface area (Å²) in [5, 5.41) is 0. The van der Waals surface area contributed by atoms with Crippen molar-refractivity contribution in [2.45, 2.75) is 25.5 Å². The van der Waals surface area contributed by atoms with Gasteiger partial charge in [-0.25, -0.2) is 4.79 Å². The molecule has 0 unspecified atom stereocenters. The predicted molar refractivity (Wildman–Crippen MR) is 107 cm³/mol. The van der Waals surface area contributed by atoms with Gasteiger partial charge >= 0.3 is 6.09 Å². The number of likely N-dealkylation sites (tertiary alicyclic amines) is 1. The highest BCUT2D eigenvalue weighted by molar-refractivity contribution is 14.1. The summed E-state index contributed by atoms with van der Waals surface area (Å²) in [5.74, 6) is 0.0569. The minimum absolute atomic E-state index is 0.0569. The summed E-state index contributed by atoms with van der Waals surface area (Å²) < 4.78 is 6.44. The first-order valence-corrected chi connectivity index (χ1v) is 9.80. The van der Waals surface area contributed by atoms with Crippen molar-refractivity contribution >= 4 is 40.3 Å². The molecule has 1 saturated heterocycles. The SMILES string of the molecule is O=C(c1ccc(I)cc1)N1CCC(N2C(=O)OCc3ccccc32)CC1. The molecule has 2 aromatic carbocycles. The van der Waals surface area contributed by atoms with Crippen LogP contribution in [0, 0.1) is 3.57 Å². The predicted octanol–water partition coefficient (Wildman–Crippen LogP) is 4.05. The van der Waals surface area contributed by atoms with Crippen LogP contribution in [0.3, 0.4) is 0 Å². The number of hydrogen-bond acceptors (Lipinski definition) is 3. The Labute approximate surface area is 166 Å². The van der Waals surface area contributed by atoms with E-state index in [9.17, 15) is 9.59 Å². The lowest BCUT2D eigenvalue weighted by Crippen LogP contribution is -2.50. The fraction of sp³-hybridized carbons (Fsp3) is 0.300. The second-order valence-corrected chi connectivity index (χ2v) is 7.83. The molecule has 26 heavy (non-hydrogen) atoms. The van der Waals surface area contributed by atoms with Crippen molar-refractivity contribution in [2.24, 2.45) is 0 Å². The summed E-state index contributed by atoms with van der Waals surface area (Å²) in [6.07, 6.45) is 1.21. The van der Waals surface area contributed by atoms with E-state index < -0.39 is 0 Å². The second kappa shape index (κ2) is 7.26. The molecule has 2 heterocycles. The molecule has 0 aliphatic carbocycles. The minimum Gasteiger partial charge on any atom is -0.444 e. The van der Waals surface area contributed by atoms with Crippen LogP contribution in [-0.2, 0) is 11.3 Å². The Morgan fingerprint density at radius 1 is 1.04 bits per heavy atom. The number of rotatable bonds is 2. The standard InChI is InChI=1S/C20H19IN2O3/c21-16-7-5-14(6-8-16)19(24)22-11-9-17(10-12-22)23-18-4-2-1-3-15(18)13-26-20(23)25/h1-8,17H,9-13H2. The maximum Gasteiger partial charge on any atom is 0.414 e. The number of hydrogen-bond donors (Lipinski definition) is 0. The maximum absolute atomic E-state index is 12.7. The molecular weight excluding hydrogens is 443 g/mol. The Morgan fingerprint density at radius 2 is 1.73 bits per heavy atom. The van der Waals surface area contributed by atoms with E-state index in [-0.39, 0.29) is 18.0 Å². The van der Waals surface area contributed by atoms with Crippen LogP contribution in [0.2, 0.25) is 0 Å². The highest BCUT2D eigenvalue weighted by Gasteiger charge is 2.35. The lowest BCUT2D eigenvalue weighted by molar-refractivity contribution is 0.0708. The average molecular weight is 462 g/mol. The number of carbonyl (C=O) groups is 2. The van der Waals surface area contributed by atoms with Crippen LogP contribution in [0.5, 0.6) is 0 Å². The van der Waals surface area contributed by atoms with Crippen molar-refractivity contribution in [1.82, 2.24) is 4.90 Å². The molecule has 0 spiro atoms. The van der Waals surface area contributed by atoms with E-state index in [2.05, 4.69) is 22.6 Å². The third-order valence-corrected chi connectivity index (χ3v) is 5.73. The molecule has 5 nitrogen and oxygen atoms in total. The van der Waals surface area contributed by atoms with Gasteiger partial charge in [-0.1, -0.05) is 18.2 Å². The Kier molecular flexibility index (Phi) is 4.84. The zero-order valence-electron chi connectivity index (χ0n) is 14.2. The summed E-state index contributed by atoms with van der Waals surface area (Å²) in [7, 11) is 0. The Balaban J connectivity index is 1.46. The maximum atomic E-state index is 12.7. The van der Waals surface area contributed by atoms with Gasteiger partial charge in [0.2, 0.25) is 0 Å². The van der Waals surface area contributed by atoms with Gasteiger partial charge in [0.1, 0.15) is 6.61 Å². The van der Waals surface area contributed by atoms with Gasteiger partial charge in [0, 0.05) is 33.8 Å². The zero-order chi connectivity index (χ0) is 18.1. The summed E-state index contributed by atoms with van der Waals surface area (Å²) in [6, 6.07) is 15.6. The van der Waals surface area contributed by atoms with Crippen molar-refractivity contribution < 1.29 is 14.3 Å². The van der Waals surface area contributed by atoms with Crippen LogP contribution in [0.4, 0.5) is 10.5 Å². The fourth-order valence-corrected chi connectivity index (χ4v) is 3.98. The number of nitrogens with zero attached hydrogens (tertiary/aromatic N) is 2. The van der Waals surface area contributed by atoms with E-state index in [1.807, 2.05) is 53.4 Å². The first-order valence-electron chi connectivity index (χ1n) is 8.72. The van der Waals surface area contributed by atoms with Crippen LogP contribution in [0.25, 0.3) is 0 Å². The highest BCUT2D eigenvalue weighted by atomic mass is 127. The number of fused-ring (bicyclic) bond motifs is 1. The normalized spacial score (nSPS) is 17.7. The number of halogens is 1. The molecule has 2 aromatic rings. The topological polar surface area (TPSA) is 49.9 Å². The number of anilines is 1. The van der Waals surface area contributed by atoms with Crippen molar-refractivity contribution in [1.29, 1.82) is 0 Å². The number of cyclic esters (lactones) is 1. The largest absolute Gasteiger partial charge is 0.444 e. The van der Waals surface area contributed by atoms with E-state index in [0.29, 0.717) is 25.3 Å². The van der Waals surface area contributed by atoms with Crippen LogP contribution >= 0.6 is 22.6 Å². The highest BCUT2D eigenvalue weighted by Crippen LogP contribution is 2.32. The Bertz CT molecular complexity index is 829. The molecule has 0 atom stereocenters. The van der Waals surface area contributed by atoms with Gasteiger partial charge in [-0.3, -0.25) is 9.69 Å². The molecule has 0 saturated carbocycles. The quantitative estimate of drug-likeness (QED) is 0.633. The molecule has 2 aliphatic rings. The second-order valence-electron chi connectivity index (χ2n) is 6.58.